The van der Waals surface area contributed by atoms with Gasteiger partial charge in [-0.25, -0.2) is 4.79 Å². The highest BCUT2D eigenvalue weighted by Crippen LogP contribution is 2.30. The van der Waals surface area contributed by atoms with E-state index >= 15 is 0 Å². The number of nitrogens with zero attached hydrogens (tertiary/aromatic N) is 1. The summed E-state index contributed by atoms with van der Waals surface area (Å²) in [5.74, 6) is -0.408. The average molecular weight is 347 g/mol. The van der Waals surface area contributed by atoms with Gasteiger partial charge in [-0.3, -0.25) is 4.79 Å². The molecule has 138 valence electrons. The number of aryl methyl sites for hydroxylation is 1. The lowest BCUT2D eigenvalue weighted by Crippen LogP contribution is -2.36. The summed E-state index contributed by atoms with van der Waals surface area (Å²) in [6.07, 6.45) is 1.36. The molecule has 0 bridgehead atoms. The number of amides is 1. The smallest absolute Gasteiger partial charge is 0.410 e. The minimum Gasteiger partial charge on any atom is -0.466 e. The highest BCUT2D eigenvalue weighted by Gasteiger charge is 2.41. The zero-order chi connectivity index (χ0) is 18.4. The second kappa shape index (κ2) is 8.37. The molecule has 0 radical (unpaired) electrons. The van der Waals surface area contributed by atoms with Crippen LogP contribution in [-0.4, -0.2) is 42.3 Å². The van der Waals surface area contributed by atoms with Crippen LogP contribution in [-0.2, 0) is 20.7 Å². The lowest BCUT2D eigenvalue weighted by Gasteiger charge is -2.24. The molecule has 5 heteroatoms. The fraction of sp³-hybridized carbons (Fsp3) is 0.600. The molecule has 2 atom stereocenters. The zero-order valence-electron chi connectivity index (χ0n) is 15.7. The van der Waals surface area contributed by atoms with E-state index < -0.39 is 5.60 Å². The van der Waals surface area contributed by atoms with Crippen LogP contribution in [0.1, 0.15) is 39.7 Å². The first-order valence-electron chi connectivity index (χ1n) is 8.98. The van der Waals surface area contributed by atoms with Crippen molar-refractivity contribution >= 4 is 12.1 Å². The molecule has 1 aliphatic heterocycles. The number of esters is 1. The van der Waals surface area contributed by atoms with Gasteiger partial charge in [-0.15, -0.1) is 0 Å². The van der Waals surface area contributed by atoms with Gasteiger partial charge in [-0.05, 0) is 52.0 Å². The van der Waals surface area contributed by atoms with E-state index in [0.717, 1.165) is 12.8 Å². The summed E-state index contributed by atoms with van der Waals surface area (Å²) >= 11 is 0. The second-order valence-electron chi connectivity index (χ2n) is 7.53. The molecule has 5 nitrogen and oxygen atoms in total. The second-order valence-corrected chi connectivity index (χ2v) is 7.53. The van der Waals surface area contributed by atoms with Crippen LogP contribution in [0.3, 0.4) is 0 Å². The summed E-state index contributed by atoms with van der Waals surface area (Å²) < 4.78 is 10.7. The van der Waals surface area contributed by atoms with Crippen molar-refractivity contribution in [2.45, 2.75) is 46.1 Å². The van der Waals surface area contributed by atoms with Crippen LogP contribution in [0.4, 0.5) is 4.79 Å². The molecule has 0 saturated carbocycles. The molecular formula is C20H29NO4. The maximum absolute atomic E-state index is 12.4. The molecule has 1 fully saturated rings. The molecule has 1 aliphatic rings. The third kappa shape index (κ3) is 5.76. The molecule has 1 amide bonds. The van der Waals surface area contributed by atoms with Crippen molar-refractivity contribution in [1.29, 1.82) is 0 Å². The molecule has 0 spiro atoms. The number of rotatable bonds is 5. The number of likely N-dealkylation sites (tertiary alicyclic amines) is 1. The predicted octanol–water partition coefficient (Wildman–Crippen LogP) is 3.67. The molecule has 25 heavy (non-hydrogen) atoms. The monoisotopic (exact) mass is 347 g/mol. The molecule has 0 aliphatic carbocycles. The standard InChI is InChI=1S/C20H29NO4/c1-5-24-18(22)17-14-21(19(23)25-20(2,3)4)13-16(17)12-11-15-9-7-6-8-10-15/h6-10,16-17H,5,11-14H2,1-4H3/t16-,17-/m0/s1. The Hall–Kier alpha value is -2.04. The van der Waals surface area contributed by atoms with E-state index in [9.17, 15) is 9.59 Å². The number of carbonyl (C=O) groups excluding carboxylic acids is 2. The fourth-order valence-corrected chi connectivity index (χ4v) is 3.15. The number of carbonyl (C=O) groups is 2. The van der Waals surface area contributed by atoms with Crippen molar-refractivity contribution in [2.24, 2.45) is 11.8 Å². The van der Waals surface area contributed by atoms with Gasteiger partial charge in [0.05, 0.1) is 12.5 Å². The van der Waals surface area contributed by atoms with Gasteiger partial charge in [0.2, 0.25) is 0 Å². The number of hydrogen-bond acceptors (Lipinski definition) is 4. The molecule has 2 rings (SSSR count). The Morgan fingerprint density at radius 2 is 1.84 bits per heavy atom. The molecule has 1 heterocycles. The van der Waals surface area contributed by atoms with Crippen LogP contribution in [0.2, 0.25) is 0 Å². The van der Waals surface area contributed by atoms with Crippen molar-refractivity contribution in [3.05, 3.63) is 35.9 Å². The average Bonchev–Trinajstić information content (AvgIpc) is 2.97. The number of ether oxygens (including phenoxy) is 2. The van der Waals surface area contributed by atoms with Gasteiger partial charge in [0, 0.05) is 13.1 Å². The lowest BCUT2D eigenvalue weighted by atomic mass is 9.90. The van der Waals surface area contributed by atoms with E-state index in [0.29, 0.717) is 19.7 Å². The fourth-order valence-electron chi connectivity index (χ4n) is 3.15. The summed E-state index contributed by atoms with van der Waals surface area (Å²) in [7, 11) is 0. The van der Waals surface area contributed by atoms with Gasteiger partial charge in [-0.2, -0.15) is 0 Å². The van der Waals surface area contributed by atoms with Crippen LogP contribution in [0.25, 0.3) is 0 Å². The third-order valence-electron chi connectivity index (χ3n) is 4.33. The Bertz CT molecular complexity index is 579. The Balaban J connectivity index is 2.03. The van der Waals surface area contributed by atoms with Crippen LogP contribution < -0.4 is 0 Å². The first-order chi connectivity index (χ1) is 11.8. The topological polar surface area (TPSA) is 55.8 Å². The van der Waals surface area contributed by atoms with Gasteiger partial charge < -0.3 is 14.4 Å². The minimum atomic E-state index is -0.543. The quantitative estimate of drug-likeness (QED) is 0.763. The zero-order valence-corrected chi connectivity index (χ0v) is 15.7. The third-order valence-corrected chi connectivity index (χ3v) is 4.33. The maximum Gasteiger partial charge on any atom is 0.410 e. The van der Waals surface area contributed by atoms with Crippen molar-refractivity contribution in [2.75, 3.05) is 19.7 Å². The van der Waals surface area contributed by atoms with Crippen molar-refractivity contribution in [3.8, 4) is 0 Å². The van der Waals surface area contributed by atoms with Crippen LogP contribution >= 0.6 is 0 Å². The largest absolute Gasteiger partial charge is 0.466 e. The van der Waals surface area contributed by atoms with Gasteiger partial charge in [0.1, 0.15) is 5.60 Å². The van der Waals surface area contributed by atoms with Crippen LogP contribution in [0.15, 0.2) is 30.3 Å². The summed E-state index contributed by atoms with van der Waals surface area (Å²) in [6.45, 7) is 8.59. The predicted molar refractivity (Wildman–Crippen MR) is 96.2 cm³/mol. The van der Waals surface area contributed by atoms with E-state index in [1.807, 2.05) is 39.0 Å². The Morgan fingerprint density at radius 3 is 2.44 bits per heavy atom. The van der Waals surface area contributed by atoms with Crippen molar-refractivity contribution < 1.29 is 19.1 Å². The van der Waals surface area contributed by atoms with E-state index in [1.54, 1.807) is 11.8 Å². The lowest BCUT2D eigenvalue weighted by molar-refractivity contribution is -0.148. The normalized spacial score (nSPS) is 20.4. The Morgan fingerprint density at radius 1 is 1.16 bits per heavy atom. The minimum absolute atomic E-state index is 0.0896. The van der Waals surface area contributed by atoms with Crippen molar-refractivity contribution in [1.82, 2.24) is 4.90 Å². The summed E-state index contributed by atoms with van der Waals surface area (Å²) in [4.78, 5) is 26.3. The molecule has 0 unspecified atom stereocenters. The SMILES string of the molecule is CCOC(=O)[C@H]1CN(C(=O)OC(C)(C)C)C[C@@H]1CCc1ccccc1. The Labute approximate surface area is 150 Å². The van der Waals surface area contributed by atoms with Crippen molar-refractivity contribution in [3.63, 3.8) is 0 Å². The highest BCUT2D eigenvalue weighted by atomic mass is 16.6. The van der Waals surface area contributed by atoms with Gasteiger partial charge in [0.25, 0.3) is 0 Å². The van der Waals surface area contributed by atoms with E-state index in [-0.39, 0.29) is 23.9 Å². The number of hydrogen-bond donors (Lipinski definition) is 0. The first kappa shape index (κ1) is 19.3. The highest BCUT2D eigenvalue weighted by molar-refractivity contribution is 5.76. The molecule has 1 aromatic rings. The van der Waals surface area contributed by atoms with E-state index in [4.69, 9.17) is 9.47 Å². The molecule has 0 N–H and O–H groups in total. The molecule has 1 saturated heterocycles. The van der Waals surface area contributed by atoms with Gasteiger partial charge in [0.15, 0.2) is 0 Å². The molecular weight excluding hydrogens is 318 g/mol. The Kier molecular flexibility index (Phi) is 6.45. The summed E-state index contributed by atoms with van der Waals surface area (Å²) in [5, 5.41) is 0. The first-order valence-corrected chi connectivity index (χ1v) is 8.98. The molecule has 0 aromatic heterocycles. The van der Waals surface area contributed by atoms with E-state index in [2.05, 4.69) is 12.1 Å². The van der Waals surface area contributed by atoms with Gasteiger partial charge in [-0.1, -0.05) is 30.3 Å². The van der Waals surface area contributed by atoms with Crippen LogP contribution in [0, 0.1) is 11.8 Å². The van der Waals surface area contributed by atoms with E-state index in [1.165, 1.54) is 5.56 Å². The number of benzene rings is 1. The summed E-state index contributed by atoms with van der Waals surface area (Å²) in [5.41, 5.74) is 0.694. The molecule has 1 aromatic carbocycles. The van der Waals surface area contributed by atoms with Crippen LogP contribution in [0.5, 0.6) is 0 Å². The maximum atomic E-state index is 12.4. The summed E-state index contributed by atoms with van der Waals surface area (Å²) in [6, 6.07) is 10.2. The van der Waals surface area contributed by atoms with Gasteiger partial charge >= 0.3 is 12.1 Å².